The Bertz CT molecular complexity index is 869. The molecule has 0 atom stereocenters. The maximum absolute atomic E-state index is 10.6. The topological polar surface area (TPSA) is 86.6 Å². The van der Waals surface area contributed by atoms with Crippen LogP contribution in [0.15, 0.2) is 24.3 Å². The lowest BCUT2D eigenvalue weighted by Crippen LogP contribution is -2.06. The minimum Gasteiger partial charge on any atom is -0.504 e. The Balaban J connectivity index is 2.42. The minimum absolute atomic E-state index is 0.00558. The number of unbranched alkanes of at least 4 members (excludes halogenated alkanes) is 8. The molecule has 0 aliphatic carbocycles. The van der Waals surface area contributed by atoms with Crippen LogP contribution in [0.2, 0.25) is 0 Å². The highest BCUT2D eigenvalue weighted by atomic mass is 16.6. The van der Waals surface area contributed by atoms with Crippen LogP contribution in [0.3, 0.4) is 0 Å². The van der Waals surface area contributed by atoms with Gasteiger partial charge in [0.15, 0.2) is 23.0 Å². The summed E-state index contributed by atoms with van der Waals surface area (Å²) >= 11 is 0. The Morgan fingerprint density at radius 3 is 1.05 bits per heavy atom. The van der Waals surface area contributed by atoms with Crippen molar-refractivity contribution in [2.24, 2.45) is 0 Å². The standard InChI is InChI=1S/C32H50O7/c1-5-9-13-21-35-29-25(33)17-19-27(31(29)37-23-15-11-7-3)39-28-20-18-26(34)30(36-22-14-10-6-2)32(28)38-24-16-12-8-4/h17-20,33-34H,5-16,21-24H2,1-4H3. The van der Waals surface area contributed by atoms with Crippen LogP contribution in [0.4, 0.5) is 0 Å². The van der Waals surface area contributed by atoms with Crippen molar-refractivity contribution >= 4 is 0 Å². The van der Waals surface area contributed by atoms with Gasteiger partial charge in [0.2, 0.25) is 23.0 Å². The van der Waals surface area contributed by atoms with E-state index in [1.54, 1.807) is 24.3 Å². The average Bonchev–Trinajstić information content (AvgIpc) is 2.93. The van der Waals surface area contributed by atoms with Gasteiger partial charge in [-0.15, -0.1) is 0 Å². The highest BCUT2D eigenvalue weighted by Gasteiger charge is 2.23. The zero-order chi connectivity index (χ0) is 28.3. The molecular formula is C32H50O7. The Kier molecular flexibility index (Phi) is 15.8. The number of ether oxygens (including phenoxy) is 5. The normalized spacial score (nSPS) is 10.9. The second-order valence-electron chi connectivity index (χ2n) is 9.81. The fourth-order valence-corrected chi connectivity index (χ4v) is 4.01. The summed E-state index contributed by atoms with van der Waals surface area (Å²) in [5.41, 5.74) is 0. The van der Waals surface area contributed by atoms with Gasteiger partial charge in [-0.3, -0.25) is 0 Å². The number of benzene rings is 2. The lowest BCUT2D eigenvalue weighted by molar-refractivity contribution is 0.234. The molecule has 0 aliphatic heterocycles. The number of aromatic hydroxyl groups is 2. The number of phenols is 2. The van der Waals surface area contributed by atoms with E-state index in [-0.39, 0.29) is 23.0 Å². The molecule has 220 valence electrons. The van der Waals surface area contributed by atoms with E-state index in [2.05, 4.69) is 27.7 Å². The number of hydrogen-bond acceptors (Lipinski definition) is 7. The summed E-state index contributed by atoms with van der Waals surface area (Å²) in [5.74, 6) is 2.08. The van der Waals surface area contributed by atoms with E-state index in [4.69, 9.17) is 23.7 Å². The molecule has 39 heavy (non-hydrogen) atoms. The molecular weight excluding hydrogens is 496 g/mol. The van der Waals surface area contributed by atoms with Crippen LogP contribution in [0.1, 0.15) is 105 Å². The number of phenolic OH excluding ortho intramolecular Hbond substituents is 2. The first kappa shape index (κ1) is 32.3. The third-order valence-corrected chi connectivity index (χ3v) is 6.31. The van der Waals surface area contributed by atoms with Crippen LogP contribution < -0.4 is 23.7 Å². The van der Waals surface area contributed by atoms with E-state index in [0.29, 0.717) is 49.4 Å². The zero-order valence-electron chi connectivity index (χ0n) is 24.6. The van der Waals surface area contributed by atoms with Gasteiger partial charge in [0.1, 0.15) is 0 Å². The summed E-state index contributed by atoms with van der Waals surface area (Å²) < 4.78 is 30.7. The van der Waals surface area contributed by atoms with Gasteiger partial charge < -0.3 is 33.9 Å². The van der Waals surface area contributed by atoms with Gasteiger partial charge in [0, 0.05) is 0 Å². The van der Waals surface area contributed by atoms with Crippen molar-refractivity contribution < 1.29 is 33.9 Å². The fourth-order valence-electron chi connectivity index (χ4n) is 4.01. The van der Waals surface area contributed by atoms with Crippen LogP contribution in [0.25, 0.3) is 0 Å². The summed E-state index contributed by atoms with van der Waals surface area (Å²) in [6.45, 7) is 10.4. The third kappa shape index (κ3) is 11.0. The highest BCUT2D eigenvalue weighted by Crippen LogP contribution is 2.50. The Morgan fingerprint density at radius 2 is 0.744 bits per heavy atom. The zero-order valence-corrected chi connectivity index (χ0v) is 24.6. The molecule has 0 fully saturated rings. The molecule has 2 rings (SSSR count). The summed E-state index contributed by atoms with van der Waals surface area (Å²) in [5, 5.41) is 21.3. The largest absolute Gasteiger partial charge is 0.504 e. The predicted molar refractivity (Wildman–Crippen MR) is 156 cm³/mol. The van der Waals surface area contributed by atoms with Crippen molar-refractivity contribution in [2.45, 2.75) is 105 Å². The van der Waals surface area contributed by atoms with Gasteiger partial charge in [0.05, 0.1) is 26.4 Å². The third-order valence-electron chi connectivity index (χ3n) is 6.31. The van der Waals surface area contributed by atoms with Crippen molar-refractivity contribution in [3.8, 4) is 46.0 Å². The SMILES string of the molecule is CCCCCOc1c(O)ccc(Oc2ccc(O)c(OCCCCC)c2OCCCCC)c1OCCCCC. The van der Waals surface area contributed by atoms with E-state index >= 15 is 0 Å². The molecule has 0 aromatic heterocycles. The summed E-state index contributed by atoms with van der Waals surface area (Å²) in [6, 6.07) is 6.43. The molecule has 0 radical (unpaired) electrons. The van der Waals surface area contributed by atoms with Crippen LogP contribution in [-0.2, 0) is 0 Å². The van der Waals surface area contributed by atoms with Gasteiger partial charge in [-0.05, 0) is 49.9 Å². The van der Waals surface area contributed by atoms with Crippen molar-refractivity contribution in [2.75, 3.05) is 26.4 Å². The molecule has 0 heterocycles. The maximum atomic E-state index is 10.6. The van der Waals surface area contributed by atoms with Crippen molar-refractivity contribution in [3.05, 3.63) is 24.3 Å². The van der Waals surface area contributed by atoms with E-state index in [9.17, 15) is 10.2 Å². The first-order valence-corrected chi connectivity index (χ1v) is 15.0. The van der Waals surface area contributed by atoms with E-state index in [1.165, 1.54) is 0 Å². The average molecular weight is 547 g/mol. The molecule has 0 aliphatic rings. The molecule has 0 saturated carbocycles. The van der Waals surface area contributed by atoms with Crippen molar-refractivity contribution in [1.82, 2.24) is 0 Å². The molecule has 0 spiro atoms. The molecule has 7 heteroatoms. The fraction of sp³-hybridized carbons (Fsp3) is 0.625. The monoisotopic (exact) mass is 546 g/mol. The van der Waals surface area contributed by atoms with Crippen LogP contribution in [0, 0.1) is 0 Å². The van der Waals surface area contributed by atoms with E-state index in [1.807, 2.05) is 0 Å². The molecule has 2 aromatic carbocycles. The molecule has 0 bridgehead atoms. The van der Waals surface area contributed by atoms with Gasteiger partial charge in [-0.2, -0.15) is 0 Å². The molecule has 0 unspecified atom stereocenters. The van der Waals surface area contributed by atoms with Crippen molar-refractivity contribution in [1.29, 1.82) is 0 Å². The van der Waals surface area contributed by atoms with Crippen LogP contribution in [0.5, 0.6) is 46.0 Å². The first-order chi connectivity index (χ1) is 19.1. The Hall–Kier alpha value is -2.96. The van der Waals surface area contributed by atoms with Crippen LogP contribution >= 0.6 is 0 Å². The predicted octanol–water partition coefficient (Wildman–Crippen LogP) is 9.17. The summed E-state index contributed by atoms with van der Waals surface area (Å²) in [4.78, 5) is 0. The molecule has 2 N–H and O–H groups in total. The van der Waals surface area contributed by atoms with Crippen molar-refractivity contribution in [3.63, 3.8) is 0 Å². The molecule has 0 saturated heterocycles. The first-order valence-electron chi connectivity index (χ1n) is 15.0. The van der Waals surface area contributed by atoms with Gasteiger partial charge in [0.25, 0.3) is 0 Å². The number of rotatable bonds is 22. The van der Waals surface area contributed by atoms with Gasteiger partial charge in [-0.25, -0.2) is 0 Å². The van der Waals surface area contributed by atoms with E-state index < -0.39 is 0 Å². The number of hydrogen-bond donors (Lipinski definition) is 2. The molecule has 0 amide bonds. The highest BCUT2D eigenvalue weighted by molar-refractivity contribution is 5.63. The van der Waals surface area contributed by atoms with Gasteiger partial charge >= 0.3 is 0 Å². The van der Waals surface area contributed by atoms with Gasteiger partial charge in [-0.1, -0.05) is 79.1 Å². The van der Waals surface area contributed by atoms with E-state index in [0.717, 1.165) is 77.0 Å². The molecule has 7 nitrogen and oxygen atoms in total. The molecule has 2 aromatic rings. The minimum atomic E-state index is 0.00558. The summed E-state index contributed by atoms with van der Waals surface area (Å²) in [7, 11) is 0. The Labute approximate surface area is 235 Å². The Morgan fingerprint density at radius 1 is 0.436 bits per heavy atom. The summed E-state index contributed by atoms with van der Waals surface area (Å²) in [6.07, 6.45) is 11.9. The second kappa shape index (κ2) is 19.2. The maximum Gasteiger partial charge on any atom is 0.208 e. The van der Waals surface area contributed by atoms with Crippen LogP contribution in [-0.4, -0.2) is 36.6 Å². The quantitative estimate of drug-likeness (QED) is 0.142. The second-order valence-corrected chi connectivity index (χ2v) is 9.81. The lowest BCUT2D eigenvalue weighted by Gasteiger charge is -2.20. The smallest absolute Gasteiger partial charge is 0.208 e. The lowest BCUT2D eigenvalue weighted by atomic mass is 10.2.